The molecule has 1 aromatic carbocycles. The second-order valence-electron chi connectivity index (χ2n) is 6.19. The van der Waals surface area contributed by atoms with Crippen molar-refractivity contribution in [1.82, 2.24) is 15.5 Å². The van der Waals surface area contributed by atoms with E-state index in [-0.39, 0.29) is 24.0 Å². The van der Waals surface area contributed by atoms with Crippen LogP contribution in [0.4, 0.5) is 0 Å². The number of aliphatic imine (C=N–C) groups is 1. The van der Waals surface area contributed by atoms with Crippen molar-refractivity contribution >= 4 is 29.9 Å². The van der Waals surface area contributed by atoms with Gasteiger partial charge in [0.25, 0.3) is 0 Å². The molecule has 4 nitrogen and oxygen atoms in total. The number of likely N-dealkylation sites (tertiary alicyclic amines) is 1. The minimum atomic E-state index is 0. The van der Waals surface area contributed by atoms with E-state index in [0.29, 0.717) is 12.1 Å². The molecule has 2 unspecified atom stereocenters. The fourth-order valence-corrected chi connectivity index (χ4v) is 3.01. The highest BCUT2D eigenvalue weighted by atomic mass is 127. The summed E-state index contributed by atoms with van der Waals surface area (Å²) in [7, 11) is 1.85. The maximum Gasteiger partial charge on any atom is 0.191 e. The number of hydrogen-bond donors (Lipinski definition) is 2. The van der Waals surface area contributed by atoms with E-state index in [1.54, 1.807) is 0 Å². The van der Waals surface area contributed by atoms with E-state index >= 15 is 0 Å². The van der Waals surface area contributed by atoms with Crippen LogP contribution in [-0.2, 0) is 6.54 Å². The summed E-state index contributed by atoms with van der Waals surface area (Å²) in [5.41, 5.74) is 1.39. The molecule has 1 saturated heterocycles. The van der Waals surface area contributed by atoms with Gasteiger partial charge >= 0.3 is 0 Å². The Labute approximate surface area is 158 Å². The average Bonchev–Trinajstić information content (AvgIpc) is 2.87. The Kier molecular flexibility index (Phi) is 9.55. The molecule has 23 heavy (non-hydrogen) atoms. The van der Waals surface area contributed by atoms with Crippen molar-refractivity contribution in [2.45, 2.75) is 51.7 Å². The van der Waals surface area contributed by atoms with E-state index in [1.807, 2.05) is 7.05 Å². The summed E-state index contributed by atoms with van der Waals surface area (Å²) in [6, 6.07) is 11.8. The summed E-state index contributed by atoms with van der Waals surface area (Å²) in [6.45, 7) is 7.62. The van der Waals surface area contributed by atoms with E-state index in [0.717, 1.165) is 25.6 Å². The molecule has 0 radical (unpaired) electrons. The molecule has 2 rings (SSSR count). The van der Waals surface area contributed by atoms with Crippen molar-refractivity contribution < 1.29 is 0 Å². The molecule has 0 amide bonds. The maximum atomic E-state index is 4.33. The summed E-state index contributed by atoms with van der Waals surface area (Å²) in [5.74, 6) is 0.937. The van der Waals surface area contributed by atoms with Crippen LogP contribution in [0.1, 0.15) is 38.7 Å². The number of unbranched alkanes of at least 4 members (excludes halogenated alkanes) is 1. The number of hydrogen-bond acceptors (Lipinski definition) is 2. The molecule has 0 aliphatic carbocycles. The average molecular weight is 430 g/mol. The van der Waals surface area contributed by atoms with Crippen molar-refractivity contribution in [1.29, 1.82) is 0 Å². The number of guanidine groups is 1. The fourth-order valence-electron chi connectivity index (χ4n) is 3.01. The van der Waals surface area contributed by atoms with Gasteiger partial charge in [-0.25, -0.2) is 0 Å². The molecule has 1 aromatic rings. The van der Waals surface area contributed by atoms with E-state index in [2.05, 4.69) is 64.7 Å². The van der Waals surface area contributed by atoms with E-state index in [9.17, 15) is 0 Å². The summed E-state index contributed by atoms with van der Waals surface area (Å²) in [4.78, 5) is 6.88. The fraction of sp³-hybridized carbons (Fsp3) is 0.611. The molecular formula is C18H31IN4. The van der Waals surface area contributed by atoms with Gasteiger partial charge in [0.15, 0.2) is 5.96 Å². The lowest BCUT2D eigenvalue weighted by molar-refractivity contribution is 0.258. The Morgan fingerprint density at radius 1 is 1.30 bits per heavy atom. The van der Waals surface area contributed by atoms with Gasteiger partial charge in [-0.1, -0.05) is 43.7 Å². The zero-order valence-corrected chi connectivity index (χ0v) is 16.9. The molecule has 1 aliphatic heterocycles. The SMILES string of the molecule is CCCCNC(=NC)NC1CC(C)N(Cc2ccccc2)C1.I. The van der Waals surface area contributed by atoms with Crippen LogP contribution >= 0.6 is 24.0 Å². The van der Waals surface area contributed by atoms with Crippen LogP contribution in [0.2, 0.25) is 0 Å². The van der Waals surface area contributed by atoms with Crippen molar-refractivity contribution in [2.75, 3.05) is 20.1 Å². The molecule has 0 bridgehead atoms. The van der Waals surface area contributed by atoms with Gasteiger partial charge in [-0.3, -0.25) is 9.89 Å². The summed E-state index contributed by atoms with van der Waals surface area (Å²) in [6.07, 6.45) is 3.55. The standard InChI is InChI=1S/C18H30N4.HI/c1-4-5-11-20-18(19-3)21-17-12-15(2)22(14-17)13-16-9-7-6-8-10-16;/h6-10,15,17H,4-5,11-14H2,1-3H3,(H2,19,20,21);1H. The minimum absolute atomic E-state index is 0. The van der Waals surface area contributed by atoms with E-state index in [4.69, 9.17) is 0 Å². The van der Waals surface area contributed by atoms with Crippen LogP contribution < -0.4 is 10.6 Å². The number of nitrogens with one attached hydrogen (secondary N) is 2. The Bertz CT molecular complexity index is 463. The van der Waals surface area contributed by atoms with E-state index < -0.39 is 0 Å². The quantitative estimate of drug-likeness (QED) is 0.315. The second kappa shape index (κ2) is 10.9. The predicted molar refractivity (Wildman–Crippen MR) is 110 cm³/mol. The van der Waals surface area contributed by atoms with Crippen LogP contribution in [0, 0.1) is 0 Å². The van der Waals surface area contributed by atoms with Crippen molar-refractivity contribution in [3.63, 3.8) is 0 Å². The van der Waals surface area contributed by atoms with Crippen LogP contribution in [0.25, 0.3) is 0 Å². The van der Waals surface area contributed by atoms with Crippen LogP contribution in [0.15, 0.2) is 35.3 Å². The minimum Gasteiger partial charge on any atom is -0.356 e. The van der Waals surface area contributed by atoms with Gasteiger partial charge in [0, 0.05) is 38.8 Å². The highest BCUT2D eigenvalue weighted by Crippen LogP contribution is 2.20. The highest BCUT2D eigenvalue weighted by molar-refractivity contribution is 14.0. The molecule has 130 valence electrons. The highest BCUT2D eigenvalue weighted by Gasteiger charge is 2.29. The number of rotatable bonds is 6. The lowest BCUT2D eigenvalue weighted by Gasteiger charge is -2.21. The Balaban J connectivity index is 0.00000264. The first-order valence-electron chi connectivity index (χ1n) is 8.48. The molecule has 0 aromatic heterocycles. The zero-order chi connectivity index (χ0) is 15.8. The van der Waals surface area contributed by atoms with Gasteiger partial charge in [0.2, 0.25) is 0 Å². The van der Waals surface area contributed by atoms with Crippen molar-refractivity contribution in [3.8, 4) is 0 Å². The zero-order valence-electron chi connectivity index (χ0n) is 14.6. The third-order valence-corrected chi connectivity index (χ3v) is 4.32. The van der Waals surface area contributed by atoms with Crippen molar-refractivity contribution in [2.24, 2.45) is 4.99 Å². The lowest BCUT2D eigenvalue weighted by atomic mass is 10.2. The van der Waals surface area contributed by atoms with Gasteiger partial charge in [-0.2, -0.15) is 0 Å². The van der Waals surface area contributed by atoms with Gasteiger partial charge < -0.3 is 10.6 Å². The van der Waals surface area contributed by atoms with Gasteiger partial charge in [-0.15, -0.1) is 24.0 Å². The predicted octanol–water partition coefficient (Wildman–Crippen LogP) is 3.23. The first-order chi connectivity index (χ1) is 10.7. The van der Waals surface area contributed by atoms with Gasteiger partial charge in [0.05, 0.1) is 0 Å². The van der Waals surface area contributed by atoms with Gasteiger partial charge in [0.1, 0.15) is 0 Å². The van der Waals surface area contributed by atoms with Crippen LogP contribution in [-0.4, -0.2) is 43.1 Å². The Morgan fingerprint density at radius 2 is 2.04 bits per heavy atom. The van der Waals surface area contributed by atoms with Crippen molar-refractivity contribution in [3.05, 3.63) is 35.9 Å². The molecule has 1 heterocycles. The molecule has 2 atom stereocenters. The summed E-state index contributed by atoms with van der Waals surface area (Å²) >= 11 is 0. The molecule has 0 spiro atoms. The topological polar surface area (TPSA) is 39.7 Å². The summed E-state index contributed by atoms with van der Waals surface area (Å²) in [5, 5.41) is 6.96. The largest absolute Gasteiger partial charge is 0.356 e. The number of nitrogens with zero attached hydrogens (tertiary/aromatic N) is 2. The Hall–Kier alpha value is -0.820. The smallest absolute Gasteiger partial charge is 0.191 e. The normalized spacial score (nSPS) is 21.8. The second-order valence-corrected chi connectivity index (χ2v) is 6.19. The molecule has 1 aliphatic rings. The molecule has 1 fully saturated rings. The maximum absolute atomic E-state index is 4.33. The Morgan fingerprint density at radius 3 is 2.70 bits per heavy atom. The first kappa shape index (κ1) is 20.2. The molecule has 0 saturated carbocycles. The lowest BCUT2D eigenvalue weighted by Crippen LogP contribution is -2.44. The monoisotopic (exact) mass is 430 g/mol. The number of benzene rings is 1. The third kappa shape index (κ3) is 6.67. The molecule has 2 N–H and O–H groups in total. The van der Waals surface area contributed by atoms with Crippen LogP contribution in [0.5, 0.6) is 0 Å². The molecule has 5 heteroatoms. The van der Waals surface area contributed by atoms with Crippen LogP contribution in [0.3, 0.4) is 0 Å². The number of halogens is 1. The van der Waals surface area contributed by atoms with Gasteiger partial charge in [-0.05, 0) is 25.3 Å². The van der Waals surface area contributed by atoms with E-state index in [1.165, 1.54) is 24.8 Å². The molecular weight excluding hydrogens is 399 g/mol. The first-order valence-corrected chi connectivity index (χ1v) is 8.48. The summed E-state index contributed by atoms with van der Waals surface area (Å²) < 4.78 is 0. The third-order valence-electron chi connectivity index (χ3n) is 4.32.